The third kappa shape index (κ3) is 11.9. The number of aromatic nitrogens is 2. The van der Waals surface area contributed by atoms with E-state index < -0.39 is 11.8 Å². The van der Waals surface area contributed by atoms with Crippen LogP contribution in [0.1, 0.15) is 54.2 Å². The molecule has 0 atom stereocenters. The van der Waals surface area contributed by atoms with Crippen LogP contribution in [0.15, 0.2) is 140 Å². The first-order valence-electron chi connectivity index (χ1n) is 18.4. The van der Waals surface area contributed by atoms with Crippen LogP contribution in [-0.2, 0) is 9.31 Å². The predicted octanol–water partition coefficient (Wildman–Crippen LogP) is 10.7. The number of nitrogens with zero attached hydrogens (tertiary/aromatic N) is 2. The van der Waals surface area contributed by atoms with Crippen LogP contribution < -0.4 is 20.9 Å². The molecule has 2 aromatic heterocycles. The van der Waals surface area contributed by atoms with Crippen LogP contribution in [0.5, 0.6) is 23.0 Å². The van der Waals surface area contributed by atoms with Crippen LogP contribution in [0.25, 0.3) is 28.6 Å². The van der Waals surface area contributed by atoms with Crippen LogP contribution in [0.2, 0.25) is 5.02 Å². The number of nitrogens with two attached hydrogens (primary N) is 2. The lowest BCUT2D eigenvalue weighted by Gasteiger charge is -2.32. The van der Waals surface area contributed by atoms with Gasteiger partial charge in [-0.05, 0) is 130 Å². The lowest BCUT2D eigenvalue weighted by Crippen LogP contribution is -2.41. The van der Waals surface area contributed by atoms with E-state index in [4.69, 9.17) is 41.9 Å². The Kier molecular flexibility index (Phi) is 14.4. The predicted molar refractivity (Wildman–Crippen MR) is 231 cm³/mol. The number of hydrogen-bond acceptors (Lipinski definition) is 8. The van der Waals surface area contributed by atoms with Crippen molar-refractivity contribution < 1.29 is 37.2 Å². The van der Waals surface area contributed by atoms with Crippen molar-refractivity contribution in [1.29, 1.82) is 0 Å². The third-order valence-corrected chi connectivity index (χ3v) is 9.42. The molecule has 7 rings (SSSR count). The van der Waals surface area contributed by atoms with Gasteiger partial charge in [0.1, 0.15) is 46.0 Å². The van der Waals surface area contributed by atoms with Gasteiger partial charge in [0.15, 0.2) is 0 Å². The van der Waals surface area contributed by atoms with E-state index in [2.05, 4.69) is 23.1 Å². The summed E-state index contributed by atoms with van der Waals surface area (Å²) in [5.41, 5.74) is 13.7. The molecule has 306 valence electrons. The quantitative estimate of drug-likeness (QED) is 0.130. The highest BCUT2D eigenvalue weighted by Crippen LogP contribution is 2.37. The number of hydrogen-bond donors (Lipinski definition) is 2. The average molecular weight is 831 g/mol. The van der Waals surface area contributed by atoms with Gasteiger partial charge in [0, 0.05) is 16.1 Å². The fourth-order valence-electron chi connectivity index (χ4n) is 5.42. The molecule has 0 bridgehead atoms. The van der Waals surface area contributed by atoms with E-state index in [-0.39, 0.29) is 41.3 Å². The third-order valence-electron chi connectivity index (χ3n) is 9.20. The fourth-order valence-corrected chi connectivity index (χ4v) is 5.62. The molecule has 0 aliphatic carbocycles. The van der Waals surface area contributed by atoms with Crippen LogP contribution in [0.4, 0.5) is 8.78 Å². The molecule has 14 heteroatoms. The van der Waals surface area contributed by atoms with Crippen LogP contribution in [0.3, 0.4) is 0 Å². The van der Waals surface area contributed by atoms with Crippen molar-refractivity contribution in [2.45, 2.75) is 38.9 Å². The number of ether oxygens (including phenoxy) is 2. The molecule has 1 aliphatic heterocycles. The van der Waals surface area contributed by atoms with Crippen LogP contribution in [0, 0.1) is 11.6 Å². The lowest BCUT2D eigenvalue weighted by atomic mass is 9.90. The van der Waals surface area contributed by atoms with Crippen molar-refractivity contribution in [3.05, 3.63) is 174 Å². The average Bonchev–Trinajstić information content (AvgIpc) is 3.44. The largest absolute Gasteiger partial charge is 0.486 e. The molecule has 0 unspecified atom stereocenters. The zero-order chi connectivity index (χ0) is 43.6. The first kappa shape index (κ1) is 44.4. The van der Waals surface area contributed by atoms with Gasteiger partial charge in [-0.3, -0.25) is 9.59 Å². The SMILES string of the molecule is C=CB1OC(C)(C)C(C)(C)O1.C=Cc1cc(C(N)=O)nc(-c2cccc(Oc3ccc(F)cc3)c2)c1.NC(=O)c1cc(Cl)cc(-c2cccc(Oc3ccc(F)cc3)c2)n1. The van der Waals surface area contributed by atoms with Crippen molar-refractivity contribution in [1.82, 2.24) is 9.97 Å². The maximum absolute atomic E-state index is 13.0. The molecule has 60 heavy (non-hydrogen) atoms. The Morgan fingerprint density at radius 1 is 0.650 bits per heavy atom. The minimum absolute atomic E-state index is 0.0855. The van der Waals surface area contributed by atoms with Gasteiger partial charge >= 0.3 is 7.12 Å². The molecule has 3 heterocycles. The van der Waals surface area contributed by atoms with E-state index in [1.807, 2.05) is 33.8 Å². The molecular formula is C46H42BClF2N4O6. The zero-order valence-corrected chi connectivity index (χ0v) is 34.1. The molecule has 0 spiro atoms. The van der Waals surface area contributed by atoms with Gasteiger partial charge in [0.25, 0.3) is 11.8 Å². The Bertz CT molecular complexity index is 2490. The highest BCUT2D eigenvalue weighted by atomic mass is 35.5. The summed E-state index contributed by atoms with van der Waals surface area (Å²) in [6.45, 7) is 15.4. The second kappa shape index (κ2) is 19.4. The Hall–Kier alpha value is -6.67. The molecule has 0 radical (unpaired) electrons. The summed E-state index contributed by atoms with van der Waals surface area (Å²) in [6.07, 6.45) is 1.62. The zero-order valence-electron chi connectivity index (χ0n) is 33.3. The Morgan fingerprint density at radius 2 is 1.08 bits per heavy atom. The highest BCUT2D eigenvalue weighted by molar-refractivity contribution is 6.51. The summed E-state index contributed by atoms with van der Waals surface area (Å²) in [5.74, 6) is 1.88. The maximum atomic E-state index is 13.0. The van der Waals surface area contributed by atoms with E-state index in [1.165, 1.54) is 42.5 Å². The summed E-state index contributed by atoms with van der Waals surface area (Å²) < 4.78 is 48.5. The number of primary amides is 2. The molecule has 4 aromatic carbocycles. The van der Waals surface area contributed by atoms with Gasteiger partial charge in [-0.25, -0.2) is 18.7 Å². The monoisotopic (exact) mass is 830 g/mol. The van der Waals surface area contributed by atoms with Gasteiger partial charge in [-0.2, -0.15) is 0 Å². The molecule has 0 saturated carbocycles. The van der Waals surface area contributed by atoms with Crippen LogP contribution >= 0.6 is 11.6 Å². The van der Waals surface area contributed by atoms with Gasteiger partial charge < -0.3 is 30.2 Å². The summed E-state index contributed by atoms with van der Waals surface area (Å²) in [7, 11) is -0.250. The topological polar surface area (TPSA) is 149 Å². The Morgan fingerprint density at radius 3 is 1.48 bits per heavy atom. The second-order valence-corrected chi connectivity index (χ2v) is 14.6. The van der Waals surface area contributed by atoms with Gasteiger partial charge in [0.05, 0.1) is 22.6 Å². The van der Waals surface area contributed by atoms with E-state index in [0.717, 1.165) is 11.1 Å². The minimum atomic E-state index is -0.655. The number of pyridine rings is 2. The van der Waals surface area contributed by atoms with E-state index >= 15 is 0 Å². The Labute approximate surface area is 352 Å². The van der Waals surface area contributed by atoms with Crippen LogP contribution in [-0.4, -0.2) is 40.1 Å². The first-order valence-corrected chi connectivity index (χ1v) is 18.8. The number of carbonyl (C=O) groups excluding carboxylic acids is 2. The second-order valence-electron chi connectivity index (χ2n) is 14.2. The van der Waals surface area contributed by atoms with Gasteiger partial charge in [-0.15, -0.1) is 6.58 Å². The van der Waals surface area contributed by atoms with Crippen molar-refractivity contribution in [3.63, 3.8) is 0 Å². The molecule has 4 N–H and O–H groups in total. The lowest BCUT2D eigenvalue weighted by molar-refractivity contribution is 0.00578. The molecule has 10 nitrogen and oxygen atoms in total. The van der Waals surface area contributed by atoms with Crippen molar-refractivity contribution in [2.75, 3.05) is 0 Å². The summed E-state index contributed by atoms with van der Waals surface area (Å²) in [5, 5.41) is 0.360. The van der Waals surface area contributed by atoms with Crippen molar-refractivity contribution in [3.8, 4) is 45.5 Å². The van der Waals surface area contributed by atoms with Crippen molar-refractivity contribution >= 4 is 36.6 Å². The smallest absolute Gasteiger partial charge is 0.457 e. The summed E-state index contributed by atoms with van der Waals surface area (Å²) in [6, 6.07) is 32.2. The van der Waals surface area contributed by atoms with Crippen molar-refractivity contribution in [2.24, 2.45) is 11.5 Å². The molecule has 6 aromatic rings. The molecule has 1 saturated heterocycles. The number of halogens is 3. The van der Waals surface area contributed by atoms with Gasteiger partial charge in [-0.1, -0.05) is 54.5 Å². The summed E-state index contributed by atoms with van der Waals surface area (Å²) in [4.78, 5) is 31.3. The number of rotatable bonds is 10. The molecule has 1 aliphatic rings. The first-order chi connectivity index (χ1) is 28.4. The van der Waals surface area contributed by atoms with E-state index in [0.29, 0.717) is 45.0 Å². The Balaban J connectivity index is 0.000000183. The number of benzene rings is 4. The summed E-state index contributed by atoms with van der Waals surface area (Å²) >= 11 is 6.01. The molecule has 2 amide bonds. The number of amides is 2. The standard InChI is InChI=1S/C20H15FN2O2.C18H12ClFN2O2.C8H15BO2/c1-2-13-10-18(23-19(11-13)20(22)24)14-4-3-5-17(12-14)25-16-8-6-15(21)7-9-16;19-12-9-16(22-17(10-12)18(21)23)11-2-1-3-15(8-11)24-14-6-4-13(20)5-7-14;1-6-9-10-7(2,3)8(4,5)11-9/h2-12H,1H2,(H2,22,24);1-10H,(H2,21,23);6H,1H2,2-5H3. The maximum Gasteiger partial charge on any atom is 0.486 e. The highest BCUT2D eigenvalue weighted by Gasteiger charge is 2.49. The molecule has 1 fully saturated rings. The fraction of sp³-hybridized carbons (Fsp3) is 0.130. The van der Waals surface area contributed by atoms with E-state index in [1.54, 1.807) is 84.8 Å². The molecular weight excluding hydrogens is 789 g/mol. The minimum Gasteiger partial charge on any atom is -0.457 e. The number of carbonyl (C=O) groups is 2. The van der Waals surface area contributed by atoms with Gasteiger partial charge in [0.2, 0.25) is 0 Å². The van der Waals surface area contributed by atoms with E-state index in [9.17, 15) is 18.4 Å². The normalized spacial score (nSPS) is 13.4.